The van der Waals surface area contributed by atoms with Crippen LogP contribution in [0.2, 0.25) is 0 Å². The van der Waals surface area contributed by atoms with Crippen LogP contribution in [0.3, 0.4) is 0 Å². The van der Waals surface area contributed by atoms with Crippen molar-refractivity contribution in [2.45, 2.75) is 44.2 Å². The van der Waals surface area contributed by atoms with Gasteiger partial charge in [-0.3, -0.25) is 9.59 Å². The van der Waals surface area contributed by atoms with Crippen LogP contribution in [0, 0.1) is 0 Å². The quantitative estimate of drug-likeness (QED) is 0.679. The summed E-state index contributed by atoms with van der Waals surface area (Å²) in [4.78, 5) is 23.1. The van der Waals surface area contributed by atoms with Crippen molar-refractivity contribution in [3.05, 3.63) is 41.3 Å². The zero-order valence-corrected chi connectivity index (χ0v) is 14.4. The summed E-state index contributed by atoms with van der Waals surface area (Å²) in [6.07, 6.45) is 4.05. The molecule has 1 aliphatic rings. The van der Waals surface area contributed by atoms with Crippen molar-refractivity contribution in [3.8, 4) is 0 Å². The molecule has 1 fully saturated rings. The van der Waals surface area contributed by atoms with E-state index in [-0.39, 0.29) is 6.10 Å². The van der Waals surface area contributed by atoms with E-state index in [2.05, 4.69) is 0 Å². The van der Waals surface area contributed by atoms with Crippen LogP contribution >= 0.6 is 0 Å². The van der Waals surface area contributed by atoms with Crippen LogP contribution in [-0.2, 0) is 24.3 Å². The number of nitrogens with one attached hydrogen (secondary N) is 1. The van der Waals surface area contributed by atoms with Gasteiger partial charge in [-0.2, -0.15) is 4.72 Å². The lowest BCUT2D eigenvalue weighted by molar-refractivity contribution is -0.152. The van der Waals surface area contributed by atoms with Gasteiger partial charge in [-0.05, 0) is 37.3 Å². The Morgan fingerprint density at radius 1 is 1.24 bits per heavy atom. The zero-order valence-electron chi connectivity index (χ0n) is 13.6. The molecule has 2 rings (SSSR count). The molecule has 0 spiro atoms. The molecule has 1 saturated carbocycles. The number of rotatable bonds is 8. The molecule has 7 nitrogen and oxygen atoms in total. The molecule has 0 amide bonds. The summed E-state index contributed by atoms with van der Waals surface area (Å²) in [5.74, 6) is -2.14. The van der Waals surface area contributed by atoms with E-state index in [9.17, 15) is 23.1 Å². The Hall–Kier alpha value is -2.19. The predicted octanol–water partition coefficient (Wildman–Crippen LogP) is 1.91. The Morgan fingerprint density at radius 3 is 2.48 bits per heavy atom. The Morgan fingerprint density at radius 2 is 1.88 bits per heavy atom. The van der Waals surface area contributed by atoms with E-state index >= 15 is 0 Å². The van der Waals surface area contributed by atoms with Crippen molar-refractivity contribution in [2.24, 2.45) is 0 Å². The third-order valence-corrected chi connectivity index (χ3v) is 4.92. The maximum absolute atomic E-state index is 12.0. The molecule has 0 aliphatic heterocycles. The zero-order chi connectivity index (χ0) is 18.3. The fourth-order valence-electron chi connectivity index (χ4n) is 2.56. The van der Waals surface area contributed by atoms with Crippen molar-refractivity contribution < 1.29 is 27.9 Å². The summed E-state index contributed by atoms with van der Waals surface area (Å²) in [6.45, 7) is 0. The van der Waals surface area contributed by atoms with E-state index < -0.39 is 34.4 Å². The molecule has 1 aliphatic carbocycles. The van der Waals surface area contributed by atoms with E-state index in [0.29, 0.717) is 5.56 Å². The van der Waals surface area contributed by atoms with E-state index in [1.807, 2.05) is 4.72 Å². The van der Waals surface area contributed by atoms with Crippen LogP contribution in [0.1, 0.15) is 37.7 Å². The van der Waals surface area contributed by atoms with E-state index in [0.717, 1.165) is 31.1 Å². The summed E-state index contributed by atoms with van der Waals surface area (Å²) in [7, 11) is -4.02. The second-order valence-corrected chi connectivity index (χ2v) is 7.47. The molecule has 8 heteroatoms. The van der Waals surface area contributed by atoms with Crippen LogP contribution in [0.5, 0.6) is 0 Å². The highest BCUT2D eigenvalue weighted by atomic mass is 32.2. The first kappa shape index (κ1) is 19.1. The van der Waals surface area contributed by atoms with Crippen LogP contribution in [0.25, 0.3) is 6.08 Å². The monoisotopic (exact) mass is 367 g/mol. The van der Waals surface area contributed by atoms with Gasteiger partial charge >= 0.3 is 11.9 Å². The van der Waals surface area contributed by atoms with Gasteiger partial charge in [0.15, 0.2) is 0 Å². The summed E-state index contributed by atoms with van der Waals surface area (Å²) in [5.41, 5.74) is 0.653. The molecule has 0 saturated heterocycles. The van der Waals surface area contributed by atoms with Crippen molar-refractivity contribution in [2.75, 3.05) is 0 Å². The molecule has 0 heterocycles. The second kappa shape index (κ2) is 8.77. The lowest BCUT2D eigenvalue weighted by Gasteiger charge is -2.15. The Balaban J connectivity index is 1.95. The molecule has 1 aromatic carbocycles. The summed E-state index contributed by atoms with van der Waals surface area (Å²) >= 11 is 0. The topological polar surface area (TPSA) is 110 Å². The van der Waals surface area contributed by atoms with Gasteiger partial charge in [-0.25, -0.2) is 8.42 Å². The first-order valence-electron chi connectivity index (χ1n) is 8.03. The maximum atomic E-state index is 12.0. The van der Waals surface area contributed by atoms with Crippen LogP contribution < -0.4 is 4.72 Å². The Labute approximate surface area is 146 Å². The predicted molar refractivity (Wildman–Crippen MR) is 91.9 cm³/mol. The number of benzene rings is 1. The molecule has 0 aromatic heterocycles. The standard InChI is InChI=1S/C17H21NO6S/c19-16(24-14-8-4-5-9-14)12-15(17(20)21)18-25(22,23)11-10-13-6-2-1-3-7-13/h1-3,6-7,10-11,14-15,18H,4-5,8-9,12H2,(H,20,21)/b11-10+/t15-/m0/s1. The van der Waals surface area contributed by atoms with Gasteiger partial charge in [-0.1, -0.05) is 30.3 Å². The highest BCUT2D eigenvalue weighted by Gasteiger charge is 2.28. The third-order valence-electron chi connectivity index (χ3n) is 3.81. The first-order chi connectivity index (χ1) is 11.9. The minimum absolute atomic E-state index is 0.198. The highest BCUT2D eigenvalue weighted by molar-refractivity contribution is 7.92. The highest BCUT2D eigenvalue weighted by Crippen LogP contribution is 2.21. The number of esters is 1. The number of aliphatic carboxylic acids is 1. The first-order valence-corrected chi connectivity index (χ1v) is 9.58. The average molecular weight is 367 g/mol. The number of ether oxygens (including phenoxy) is 1. The summed E-state index contributed by atoms with van der Waals surface area (Å²) < 4.78 is 31.2. The van der Waals surface area contributed by atoms with E-state index in [4.69, 9.17) is 4.74 Å². The van der Waals surface area contributed by atoms with Gasteiger partial charge < -0.3 is 9.84 Å². The number of carboxylic acids is 1. The van der Waals surface area contributed by atoms with Gasteiger partial charge in [0.1, 0.15) is 12.1 Å². The number of sulfonamides is 1. The molecule has 0 bridgehead atoms. The number of carbonyl (C=O) groups is 2. The van der Waals surface area contributed by atoms with Gasteiger partial charge in [0.05, 0.1) is 6.42 Å². The molecule has 136 valence electrons. The van der Waals surface area contributed by atoms with E-state index in [1.165, 1.54) is 6.08 Å². The number of carboxylic acid groups (broad SMARTS) is 1. The summed E-state index contributed by atoms with van der Waals surface area (Å²) in [5, 5.41) is 10.0. The van der Waals surface area contributed by atoms with Gasteiger partial charge in [-0.15, -0.1) is 0 Å². The Bertz CT molecular complexity index is 723. The molecular weight excluding hydrogens is 346 g/mol. The lowest BCUT2D eigenvalue weighted by Crippen LogP contribution is -2.41. The normalized spacial score (nSPS) is 16.8. The molecule has 1 aromatic rings. The van der Waals surface area contributed by atoms with Gasteiger partial charge in [0.25, 0.3) is 0 Å². The Kier molecular flexibility index (Phi) is 6.72. The third kappa shape index (κ3) is 6.67. The van der Waals surface area contributed by atoms with Crippen LogP contribution in [-0.4, -0.2) is 37.6 Å². The average Bonchev–Trinajstić information content (AvgIpc) is 3.06. The van der Waals surface area contributed by atoms with Gasteiger partial charge in [0.2, 0.25) is 10.0 Å². The molecular formula is C17H21NO6S. The van der Waals surface area contributed by atoms with Crippen molar-refractivity contribution in [1.29, 1.82) is 0 Å². The van der Waals surface area contributed by atoms with Crippen molar-refractivity contribution in [3.63, 3.8) is 0 Å². The minimum Gasteiger partial charge on any atom is -0.480 e. The summed E-state index contributed by atoms with van der Waals surface area (Å²) in [6, 6.07) is 7.14. The second-order valence-electron chi connectivity index (χ2n) is 5.87. The van der Waals surface area contributed by atoms with Crippen molar-refractivity contribution >= 4 is 28.0 Å². The van der Waals surface area contributed by atoms with Crippen LogP contribution in [0.4, 0.5) is 0 Å². The van der Waals surface area contributed by atoms with Crippen LogP contribution in [0.15, 0.2) is 35.7 Å². The minimum atomic E-state index is -4.02. The maximum Gasteiger partial charge on any atom is 0.322 e. The molecule has 1 atom stereocenters. The molecule has 25 heavy (non-hydrogen) atoms. The lowest BCUT2D eigenvalue weighted by atomic mass is 10.2. The number of hydrogen-bond acceptors (Lipinski definition) is 5. The molecule has 0 radical (unpaired) electrons. The fraction of sp³-hybridized carbons (Fsp3) is 0.412. The van der Waals surface area contributed by atoms with E-state index in [1.54, 1.807) is 30.3 Å². The van der Waals surface area contributed by atoms with Crippen molar-refractivity contribution in [1.82, 2.24) is 4.72 Å². The number of carbonyl (C=O) groups excluding carboxylic acids is 1. The number of hydrogen-bond donors (Lipinski definition) is 2. The fourth-order valence-corrected chi connectivity index (χ4v) is 3.55. The molecule has 0 unspecified atom stereocenters. The van der Waals surface area contributed by atoms with Gasteiger partial charge in [0, 0.05) is 5.41 Å². The smallest absolute Gasteiger partial charge is 0.322 e. The largest absolute Gasteiger partial charge is 0.480 e. The molecule has 2 N–H and O–H groups in total. The SMILES string of the molecule is O=C(C[C@H](NS(=O)(=O)/C=C/c1ccccc1)C(=O)O)OC1CCCC1.